The minimum atomic E-state index is -0.281. The van der Waals surface area contributed by atoms with E-state index in [4.69, 9.17) is 5.73 Å². The van der Waals surface area contributed by atoms with Crippen molar-refractivity contribution in [1.82, 2.24) is 9.97 Å². The van der Waals surface area contributed by atoms with E-state index in [9.17, 15) is 4.79 Å². The average Bonchev–Trinajstić information content (AvgIpc) is 2.47. The minimum absolute atomic E-state index is 0.281. The third kappa shape index (κ3) is 2.53. The first kappa shape index (κ1) is 13.1. The number of hydrogen-bond acceptors (Lipinski definition) is 4. The molecule has 0 saturated heterocycles. The summed E-state index contributed by atoms with van der Waals surface area (Å²) in [7, 11) is 0. The summed E-state index contributed by atoms with van der Waals surface area (Å²) in [5, 5.41) is 3.77. The predicted octanol–water partition coefficient (Wildman–Crippen LogP) is 2.77. The number of rotatable bonds is 2. The molecule has 3 aromatic rings. The third-order valence-corrected chi connectivity index (χ3v) is 3.19. The second-order valence-electron chi connectivity index (χ2n) is 4.75. The SMILES string of the molecule is Cc1cc(NC(=O)c2cnccc2N)c2ccccc2n1. The Balaban J connectivity index is 2.02. The predicted molar refractivity (Wildman–Crippen MR) is 83.1 cm³/mol. The summed E-state index contributed by atoms with van der Waals surface area (Å²) in [6, 6.07) is 11.1. The number of nitrogens with zero attached hydrogens (tertiary/aromatic N) is 2. The van der Waals surface area contributed by atoms with Crippen molar-refractivity contribution in [2.24, 2.45) is 0 Å². The van der Waals surface area contributed by atoms with Gasteiger partial charge in [-0.1, -0.05) is 18.2 Å². The fourth-order valence-electron chi connectivity index (χ4n) is 2.20. The fourth-order valence-corrected chi connectivity index (χ4v) is 2.20. The van der Waals surface area contributed by atoms with E-state index >= 15 is 0 Å². The first-order valence-electron chi connectivity index (χ1n) is 6.52. The van der Waals surface area contributed by atoms with Crippen molar-refractivity contribution in [3.63, 3.8) is 0 Å². The molecular formula is C16H14N4O. The van der Waals surface area contributed by atoms with Crippen LogP contribution in [0.25, 0.3) is 10.9 Å². The van der Waals surface area contributed by atoms with Gasteiger partial charge >= 0.3 is 0 Å². The highest BCUT2D eigenvalue weighted by atomic mass is 16.1. The van der Waals surface area contributed by atoms with Crippen molar-refractivity contribution in [3.05, 3.63) is 60.0 Å². The molecule has 0 aliphatic heterocycles. The van der Waals surface area contributed by atoms with Crippen LogP contribution in [-0.2, 0) is 0 Å². The normalized spacial score (nSPS) is 10.5. The number of anilines is 2. The van der Waals surface area contributed by atoms with Crippen LogP contribution >= 0.6 is 0 Å². The molecule has 2 heterocycles. The van der Waals surface area contributed by atoms with Crippen molar-refractivity contribution in [2.75, 3.05) is 11.1 Å². The Bertz CT molecular complexity index is 829. The number of aromatic nitrogens is 2. The Kier molecular flexibility index (Phi) is 3.23. The molecule has 21 heavy (non-hydrogen) atoms. The van der Waals surface area contributed by atoms with Gasteiger partial charge in [0.05, 0.1) is 16.8 Å². The minimum Gasteiger partial charge on any atom is -0.398 e. The highest BCUT2D eigenvalue weighted by Gasteiger charge is 2.12. The van der Waals surface area contributed by atoms with Crippen molar-refractivity contribution < 1.29 is 4.79 Å². The number of pyridine rings is 2. The van der Waals surface area contributed by atoms with Gasteiger partial charge in [-0.3, -0.25) is 14.8 Å². The number of carbonyl (C=O) groups is 1. The van der Waals surface area contributed by atoms with E-state index in [1.54, 1.807) is 12.3 Å². The summed E-state index contributed by atoms with van der Waals surface area (Å²) >= 11 is 0. The summed E-state index contributed by atoms with van der Waals surface area (Å²) in [4.78, 5) is 20.7. The Labute approximate surface area is 121 Å². The number of aryl methyl sites for hydroxylation is 1. The van der Waals surface area contributed by atoms with E-state index in [0.717, 1.165) is 16.6 Å². The molecule has 0 saturated carbocycles. The molecule has 1 aromatic carbocycles. The number of carbonyl (C=O) groups excluding carboxylic acids is 1. The first-order valence-corrected chi connectivity index (χ1v) is 6.52. The van der Waals surface area contributed by atoms with Crippen molar-refractivity contribution in [2.45, 2.75) is 6.92 Å². The molecule has 0 fully saturated rings. The second kappa shape index (κ2) is 5.20. The molecule has 3 rings (SSSR count). The van der Waals surface area contributed by atoms with Crippen molar-refractivity contribution in [1.29, 1.82) is 0 Å². The molecular weight excluding hydrogens is 264 g/mol. The van der Waals surface area contributed by atoms with Gasteiger partial charge < -0.3 is 11.1 Å². The molecule has 5 nitrogen and oxygen atoms in total. The first-order chi connectivity index (χ1) is 10.1. The molecule has 0 bridgehead atoms. The Morgan fingerprint density at radius 2 is 2.05 bits per heavy atom. The van der Waals surface area contributed by atoms with Gasteiger partial charge in [-0.2, -0.15) is 0 Å². The van der Waals surface area contributed by atoms with E-state index < -0.39 is 0 Å². The summed E-state index contributed by atoms with van der Waals surface area (Å²) in [5.41, 5.74) is 8.95. The molecule has 0 radical (unpaired) electrons. The number of para-hydroxylation sites is 1. The zero-order valence-electron chi connectivity index (χ0n) is 11.5. The fraction of sp³-hybridized carbons (Fsp3) is 0.0625. The number of nitrogens with two attached hydrogens (primary N) is 1. The highest BCUT2D eigenvalue weighted by molar-refractivity contribution is 6.10. The van der Waals surface area contributed by atoms with E-state index in [1.807, 2.05) is 37.3 Å². The monoisotopic (exact) mass is 278 g/mol. The lowest BCUT2D eigenvalue weighted by atomic mass is 10.1. The van der Waals surface area contributed by atoms with Crippen LogP contribution in [0.15, 0.2) is 48.8 Å². The van der Waals surface area contributed by atoms with Gasteiger partial charge in [0.1, 0.15) is 0 Å². The van der Waals surface area contributed by atoms with Gasteiger partial charge in [0.2, 0.25) is 0 Å². The molecule has 0 atom stereocenters. The maximum atomic E-state index is 12.3. The number of hydrogen-bond donors (Lipinski definition) is 2. The molecule has 0 aliphatic rings. The number of amides is 1. The molecule has 0 spiro atoms. The van der Waals surface area contributed by atoms with Crippen LogP contribution in [0.4, 0.5) is 11.4 Å². The third-order valence-electron chi connectivity index (χ3n) is 3.19. The van der Waals surface area contributed by atoms with Gasteiger partial charge in [-0.05, 0) is 25.1 Å². The van der Waals surface area contributed by atoms with Crippen LogP contribution in [0.5, 0.6) is 0 Å². The van der Waals surface area contributed by atoms with Gasteiger partial charge in [-0.15, -0.1) is 0 Å². The lowest BCUT2D eigenvalue weighted by Gasteiger charge is -2.10. The molecule has 0 aliphatic carbocycles. The highest BCUT2D eigenvalue weighted by Crippen LogP contribution is 2.24. The number of nitrogen functional groups attached to an aromatic ring is 1. The van der Waals surface area contributed by atoms with Gasteiger partial charge in [0.15, 0.2) is 0 Å². The van der Waals surface area contributed by atoms with Crippen LogP contribution in [-0.4, -0.2) is 15.9 Å². The van der Waals surface area contributed by atoms with E-state index in [1.165, 1.54) is 6.20 Å². The molecule has 1 amide bonds. The van der Waals surface area contributed by atoms with Crippen LogP contribution in [0.3, 0.4) is 0 Å². The Morgan fingerprint density at radius 1 is 1.24 bits per heavy atom. The number of fused-ring (bicyclic) bond motifs is 1. The Morgan fingerprint density at radius 3 is 2.86 bits per heavy atom. The summed E-state index contributed by atoms with van der Waals surface area (Å²) < 4.78 is 0. The van der Waals surface area contributed by atoms with E-state index in [2.05, 4.69) is 15.3 Å². The summed E-state index contributed by atoms with van der Waals surface area (Å²) in [6.45, 7) is 1.89. The lowest BCUT2D eigenvalue weighted by Crippen LogP contribution is -2.14. The topological polar surface area (TPSA) is 80.9 Å². The zero-order chi connectivity index (χ0) is 14.8. The Hall–Kier alpha value is -2.95. The maximum Gasteiger partial charge on any atom is 0.259 e. The van der Waals surface area contributed by atoms with E-state index in [-0.39, 0.29) is 5.91 Å². The maximum absolute atomic E-state index is 12.3. The molecule has 2 aromatic heterocycles. The zero-order valence-corrected chi connectivity index (χ0v) is 11.5. The van der Waals surface area contributed by atoms with Crippen LogP contribution in [0.2, 0.25) is 0 Å². The average molecular weight is 278 g/mol. The largest absolute Gasteiger partial charge is 0.398 e. The van der Waals surface area contributed by atoms with Crippen LogP contribution in [0.1, 0.15) is 16.1 Å². The van der Waals surface area contributed by atoms with Crippen molar-refractivity contribution >= 4 is 28.2 Å². The van der Waals surface area contributed by atoms with Gasteiger partial charge in [0, 0.05) is 29.2 Å². The molecule has 3 N–H and O–H groups in total. The van der Waals surface area contributed by atoms with Gasteiger partial charge in [0.25, 0.3) is 5.91 Å². The van der Waals surface area contributed by atoms with Gasteiger partial charge in [-0.25, -0.2) is 0 Å². The van der Waals surface area contributed by atoms with Crippen LogP contribution < -0.4 is 11.1 Å². The second-order valence-corrected chi connectivity index (χ2v) is 4.75. The standard InChI is InChI=1S/C16H14N4O/c1-10-8-15(11-4-2-3-5-14(11)19-10)20-16(21)12-9-18-7-6-13(12)17/h2-9H,1H3,(H2,17,18)(H,19,20,21). The summed E-state index contributed by atoms with van der Waals surface area (Å²) in [5.74, 6) is -0.281. The summed E-state index contributed by atoms with van der Waals surface area (Å²) in [6.07, 6.45) is 3.01. The molecule has 0 unspecified atom stereocenters. The number of nitrogens with one attached hydrogen (secondary N) is 1. The molecule has 5 heteroatoms. The quantitative estimate of drug-likeness (QED) is 0.755. The number of benzene rings is 1. The lowest BCUT2D eigenvalue weighted by molar-refractivity contribution is 0.102. The molecule has 104 valence electrons. The van der Waals surface area contributed by atoms with E-state index in [0.29, 0.717) is 16.9 Å². The smallest absolute Gasteiger partial charge is 0.259 e. The van der Waals surface area contributed by atoms with Crippen LogP contribution in [0, 0.1) is 6.92 Å². The van der Waals surface area contributed by atoms with Crippen molar-refractivity contribution in [3.8, 4) is 0 Å².